The Morgan fingerprint density at radius 3 is 2.37 bits per heavy atom. The number of aromatic amines is 1. The molecule has 0 spiro atoms. The number of alkyl halides is 3. The molecule has 9 nitrogen and oxygen atoms in total. The molecule has 4 rings (SSSR count). The molecule has 0 bridgehead atoms. The zero-order valence-electron chi connectivity index (χ0n) is 18.0. The topological polar surface area (TPSA) is 107 Å². The highest BCUT2D eigenvalue weighted by molar-refractivity contribution is 6.30. The molecule has 13 heteroatoms. The van der Waals surface area contributed by atoms with Crippen LogP contribution in [-0.4, -0.2) is 24.5 Å². The van der Waals surface area contributed by atoms with Crippen molar-refractivity contribution in [2.75, 3.05) is 0 Å². The van der Waals surface area contributed by atoms with Crippen LogP contribution in [0.25, 0.3) is 0 Å². The second-order valence-electron chi connectivity index (χ2n) is 7.27. The number of hydrogen-bond acceptors (Lipinski definition) is 6. The van der Waals surface area contributed by atoms with Crippen LogP contribution >= 0.6 is 11.6 Å². The lowest BCUT2D eigenvalue weighted by atomic mass is 10.2. The first kappa shape index (κ1) is 24.0. The van der Waals surface area contributed by atoms with Crippen LogP contribution in [0, 0.1) is 0 Å². The summed E-state index contributed by atoms with van der Waals surface area (Å²) in [5.41, 5.74) is -2.63. The van der Waals surface area contributed by atoms with Gasteiger partial charge in [0.25, 0.3) is 11.1 Å². The molecule has 0 saturated carbocycles. The number of benzene rings is 2. The number of aromatic nitrogens is 5. The summed E-state index contributed by atoms with van der Waals surface area (Å²) in [6.45, 7) is -0.200. The Kier molecular flexibility index (Phi) is 6.56. The standard InChI is InChI=1S/C22H16ClF3N6O3/c1-31-18(33)10-17(11-27-31)35-16-8-6-15(7-9-16)28-21-30-29-19(22(24,25)26)20(34)32(21)12-13-2-4-14(23)5-3-13/h2-11H,12H2,1H3,(H,28,30). The first-order valence-electron chi connectivity index (χ1n) is 9.97. The van der Waals surface area contributed by atoms with Gasteiger partial charge in [-0.2, -0.15) is 23.4 Å². The molecule has 4 aromatic rings. The highest BCUT2D eigenvalue weighted by Crippen LogP contribution is 2.24. The van der Waals surface area contributed by atoms with Gasteiger partial charge in [0.1, 0.15) is 5.75 Å². The average molecular weight is 505 g/mol. The van der Waals surface area contributed by atoms with Gasteiger partial charge in [-0.1, -0.05) is 23.7 Å². The summed E-state index contributed by atoms with van der Waals surface area (Å²) in [6.07, 6.45) is -3.57. The second kappa shape index (κ2) is 9.58. The smallest absolute Gasteiger partial charge is 0.440 e. The van der Waals surface area contributed by atoms with Gasteiger partial charge in [0, 0.05) is 18.1 Å². The first-order valence-corrected chi connectivity index (χ1v) is 10.3. The number of nitrogens with zero attached hydrogens (tertiary/aromatic N) is 5. The largest absolute Gasteiger partial charge is 0.455 e. The summed E-state index contributed by atoms with van der Waals surface area (Å²) < 4.78 is 47.4. The maximum Gasteiger partial charge on any atom is 0.440 e. The van der Waals surface area contributed by atoms with E-state index in [2.05, 4.69) is 20.3 Å². The van der Waals surface area contributed by atoms with Crippen molar-refractivity contribution in [1.82, 2.24) is 24.5 Å². The number of H-pyrrole nitrogens is 1. The van der Waals surface area contributed by atoms with Crippen LogP contribution in [0.2, 0.25) is 5.02 Å². The third kappa shape index (κ3) is 5.66. The van der Waals surface area contributed by atoms with Gasteiger partial charge in [-0.05, 0) is 42.0 Å². The Bertz CT molecular complexity index is 1540. The molecule has 180 valence electrons. The number of aryl methyl sites for hydroxylation is 1. The Morgan fingerprint density at radius 1 is 1.06 bits per heavy atom. The van der Waals surface area contributed by atoms with Crippen molar-refractivity contribution in [3.63, 3.8) is 0 Å². The van der Waals surface area contributed by atoms with E-state index in [4.69, 9.17) is 16.3 Å². The van der Waals surface area contributed by atoms with Crippen molar-refractivity contribution < 1.29 is 17.9 Å². The fourth-order valence-electron chi connectivity index (χ4n) is 2.98. The fraction of sp³-hybridized carbons (Fsp3) is 0.136. The van der Waals surface area contributed by atoms with Crippen LogP contribution in [0.3, 0.4) is 0 Å². The molecule has 0 amide bonds. The summed E-state index contributed by atoms with van der Waals surface area (Å²) in [7, 11) is 1.50. The molecule has 0 unspecified atom stereocenters. The van der Waals surface area contributed by atoms with Crippen molar-refractivity contribution in [3.8, 4) is 11.5 Å². The van der Waals surface area contributed by atoms with E-state index in [0.29, 0.717) is 22.0 Å². The van der Waals surface area contributed by atoms with Crippen molar-refractivity contribution in [2.45, 2.75) is 12.7 Å². The maximum absolute atomic E-state index is 13.3. The van der Waals surface area contributed by atoms with Gasteiger partial charge in [-0.25, -0.2) is 14.8 Å². The summed E-state index contributed by atoms with van der Waals surface area (Å²) in [6, 6.07) is 13.7. The molecule has 0 fully saturated rings. The lowest BCUT2D eigenvalue weighted by Crippen LogP contribution is -2.41. The summed E-state index contributed by atoms with van der Waals surface area (Å²) in [4.78, 5) is 28.5. The van der Waals surface area contributed by atoms with E-state index in [1.54, 1.807) is 24.3 Å². The zero-order chi connectivity index (χ0) is 25.2. The van der Waals surface area contributed by atoms with E-state index in [1.807, 2.05) is 0 Å². The number of ether oxygens (including phenoxy) is 1. The normalized spacial score (nSPS) is 12.1. The number of rotatable bonds is 5. The zero-order valence-corrected chi connectivity index (χ0v) is 18.7. The monoisotopic (exact) mass is 504 g/mol. The van der Waals surface area contributed by atoms with Crippen molar-refractivity contribution in [3.05, 3.63) is 103 Å². The highest BCUT2D eigenvalue weighted by atomic mass is 35.5. The predicted molar refractivity (Wildman–Crippen MR) is 120 cm³/mol. The minimum atomic E-state index is -4.94. The van der Waals surface area contributed by atoms with Crippen LogP contribution in [0.15, 0.2) is 75.4 Å². The van der Waals surface area contributed by atoms with Crippen LogP contribution < -0.4 is 21.5 Å². The lowest BCUT2D eigenvalue weighted by Gasteiger charge is -2.11. The quantitative estimate of drug-likeness (QED) is 0.448. The minimum Gasteiger partial charge on any atom is -0.455 e. The SMILES string of the molecule is Cn1ncc(Oc2ccc(/N=c3\[nH]nc(C(F)(F)F)c(=O)n3Cc3ccc(Cl)cc3)cc2)cc1=O. The lowest BCUT2D eigenvalue weighted by molar-refractivity contribution is -0.143. The average Bonchev–Trinajstić information content (AvgIpc) is 2.80. The molecule has 2 heterocycles. The molecule has 2 aromatic carbocycles. The maximum atomic E-state index is 13.3. The van der Waals surface area contributed by atoms with E-state index in [9.17, 15) is 22.8 Å². The molecular formula is C22H16ClF3N6O3. The van der Waals surface area contributed by atoms with E-state index < -0.39 is 17.4 Å². The third-order valence-corrected chi connectivity index (χ3v) is 5.00. The highest BCUT2D eigenvalue weighted by Gasteiger charge is 2.37. The Balaban J connectivity index is 1.70. The molecule has 0 saturated heterocycles. The number of nitrogens with one attached hydrogen (secondary N) is 1. The molecule has 0 radical (unpaired) electrons. The van der Waals surface area contributed by atoms with E-state index in [1.165, 1.54) is 43.6 Å². The first-order chi connectivity index (χ1) is 16.6. The Morgan fingerprint density at radius 2 is 1.74 bits per heavy atom. The van der Waals surface area contributed by atoms with Crippen molar-refractivity contribution in [1.29, 1.82) is 0 Å². The molecular weight excluding hydrogens is 489 g/mol. The van der Waals surface area contributed by atoms with Crippen LogP contribution in [0.5, 0.6) is 11.5 Å². The van der Waals surface area contributed by atoms with E-state index in [-0.39, 0.29) is 23.5 Å². The van der Waals surface area contributed by atoms with Gasteiger partial charge < -0.3 is 4.74 Å². The summed E-state index contributed by atoms with van der Waals surface area (Å²) in [5.74, 6) is 0.599. The molecule has 0 aliphatic rings. The van der Waals surface area contributed by atoms with Crippen LogP contribution in [0.1, 0.15) is 11.3 Å². The molecule has 2 aromatic heterocycles. The summed E-state index contributed by atoms with van der Waals surface area (Å²) in [5, 5.41) is 9.71. The Labute approximate surface area is 199 Å². The van der Waals surface area contributed by atoms with E-state index >= 15 is 0 Å². The second-order valence-corrected chi connectivity index (χ2v) is 7.71. The van der Waals surface area contributed by atoms with Gasteiger partial charge in [0.2, 0.25) is 11.3 Å². The molecule has 0 atom stereocenters. The van der Waals surface area contributed by atoms with Gasteiger partial charge in [-0.15, -0.1) is 0 Å². The van der Waals surface area contributed by atoms with Crippen molar-refractivity contribution >= 4 is 17.3 Å². The van der Waals surface area contributed by atoms with Gasteiger partial charge in [0.05, 0.1) is 18.4 Å². The number of hydrogen-bond donors (Lipinski definition) is 1. The van der Waals surface area contributed by atoms with E-state index in [0.717, 1.165) is 9.25 Å². The third-order valence-electron chi connectivity index (χ3n) is 4.74. The van der Waals surface area contributed by atoms with Crippen molar-refractivity contribution in [2.24, 2.45) is 12.0 Å². The van der Waals surface area contributed by atoms with Crippen LogP contribution in [0.4, 0.5) is 18.9 Å². The molecule has 1 N–H and O–H groups in total. The van der Waals surface area contributed by atoms with Gasteiger partial charge in [-0.3, -0.25) is 14.2 Å². The Hall–Kier alpha value is -4.19. The predicted octanol–water partition coefficient (Wildman–Crippen LogP) is 3.41. The van der Waals surface area contributed by atoms with Gasteiger partial charge >= 0.3 is 6.18 Å². The minimum absolute atomic E-state index is 0.192. The van der Waals surface area contributed by atoms with Gasteiger partial charge in [0.15, 0.2) is 5.75 Å². The summed E-state index contributed by atoms with van der Waals surface area (Å²) >= 11 is 5.87. The molecule has 35 heavy (non-hydrogen) atoms. The number of halogens is 4. The fourth-order valence-corrected chi connectivity index (χ4v) is 3.11. The molecule has 0 aliphatic carbocycles. The van der Waals surface area contributed by atoms with Crippen LogP contribution in [-0.2, 0) is 19.8 Å². The molecule has 0 aliphatic heterocycles.